The maximum atomic E-state index is 13.3. The first-order valence-electron chi connectivity index (χ1n) is 7.72. The van der Waals surface area contributed by atoms with Crippen molar-refractivity contribution in [2.45, 2.75) is 0 Å². The predicted octanol–water partition coefficient (Wildman–Crippen LogP) is 4.50. The zero-order chi connectivity index (χ0) is 17.9. The molecule has 0 atom stereocenters. The number of rotatable bonds is 4. The number of halogens is 1. The van der Waals surface area contributed by atoms with E-state index in [0.717, 1.165) is 17.3 Å². The van der Waals surface area contributed by atoms with E-state index in [1.165, 1.54) is 35.9 Å². The number of nitrogens with one attached hydrogen (secondary N) is 1. The van der Waals surface area contributed by atoms with Gasteiger partial charge in [-0.15, -0.1) is 11.3 Å². The molecule has 2 aromatic carbocycles. The summed E-state index contributed by atoms with van der Waals surface area (Å²) in [7, 11) is 0. The van der Waals surface area contributed by atoms with Crippen LogP contribution in [0.15, 0.2) is 74.5 Å². The minimum atomic E-state index is -0.492. The molecule has 0 fully saturated rings. The maximum Gasteiger partial charge on any atom is 0.203 e. The Morgan fingerprint density at radius 2 is 2.04 bits per heavy atom. The Balaban J connectivity index is 1.54. The van der Waals surface area contributed by atoms with Crippen LogP contribution in [0.1, 0.15) is 5.56 Å². The van der Waals surface area contributed by atoms with Gasteiger partial charge < -0.3 is 4.42 Å². The molecule has 0 amide bonds. The average molecular weight is 365 g/mol. The molecule has 2 heterocycles. The summed E-state index contributed by atoms with van der Waals surface area (Å²) in [5.41, 5.74) is 4.84. The van der Waals surface area contributed by atoms with Gasteiger partial charge in [-0.05, 0) is 18.2 Å². The van der Waals surface area contributed by atoms with Crippen molar-refractivity contribution in [3.8, 4) is 11.3 Å². The van der Waals surface area contributed by atoms with Crippen molar-refractivity contribution >= 4 is 33.7 Å². The smallest absolute Gasteiger partial charge is 0.203 e. The Labute approximate surface area is 151 Å². The average Bonchev–Trinajstić information content (AvgIpc) is 3.14. The third-order valence-corrected chi connectivity index (χ3v) is 4.45. The Morgan fingerprint density at radius 3 is 2.88 bits per heavy atom. The van der Waals surface area contributed by atoms with Crippen LogP contribution < -0.4 is 10.9 Å². The number of fused-ring (bicyclic) bond motifs is 1. The Kier molecular flexibility index (Phi) is 4.28. The lowest BCUT2D eigenvalue weighted by molar-refractivity contribution is 0.595. The van der Waals surface area contributed by atoms with E-state index >= 15 is 0 Å². The van der Waals surface area contributed by atoms with E-state index in [1.54, 1.807) is 0 Å². The second-order valence-corrected chi connectivity index (χ2v) is 6.29. The number of aromatic nitrogens is 1. The van der Waals surface area contributed by atoms with Gasteiger partial charge in [-0.2, -0.15) is 5.10 Å². The summed E-state index contributed by atoms with van der Waals surface area (Å²) in [4.78, 5) is 16.8. The van der Waals surface area contributed by atoms with Gasteiger partial charge in [0.2, 0.25) is 10.6 Å². The second-order valence-electron chi connectivity index (χ2n) is 5.43. The molecule has 1 N–H and O–H groups in total. The van der Waals surface area contributed by atoms with E-state index in [0.29, 0.717) is 10.7 Å². The van der Waals surface area contributed by atoms with Gasteiger partial charge in [-0.1, -0.05) is 30.3 Å². The minimum Gasteiger partial charge on any atom is -0.463 e. The molecule has 0 aliphatic carbocycles. The first kappa shape index (κ1) is 16.2. The van der Waals surface area contributed by atoms with Gasteiger partial charge in [-0.3, -0.25) is 10.2 Å². The summed E-state index contributed by atoms with van der Waals surface area (Å²) < 4.78 is 18.7. The summed E-state index contributed by atoms with van der Waals surface area (Å²) in [6.07, 6.45) is 2.63. The SMILES string of the molecule is O=c1c(/C=N/Nc2nc(-c3ccccc3)cs2)coc2ccc(F)cc12. The summed E-state index contributed by atoms with van der Waals surface area (Å²) in [5, 5.41) is 6.71. The number of hydrazone groups is 1. The monoisotopic (exact) mass is 365 g/mol. The van der Waals surface area contributed by atoms with Crippen LogP contribution in [0.4, 0.5) is 9.52 Å². The maximum absolute atomic E-state index is 13.3. The molecule has 0 bridgehead atoms. The molecule has 7 heteroatoms. The van der Waals surface area contributed by atoms with Gasteiger partial charge in [0.1, 0.15) is 17.7 Å². The van der Waals surface area contributed by atoms with Crippen LogP contribution in [0.5, 0.6) is 0 Å². The molecule has 0 radical (unpaired) electrons. The molecule has 0 aliphatic heterocycles. The second kappa shape index (κ2) is 6.89. The molecule has 5 nitrogen and oxygen atoms in total. The fourth-order valence-electron chi connectivity index (χ4n) is 2.43. The molecule has 4 aromatic rings. The van der Waals surface area contributed by atoms with Gasteiger partial charge in [0.25, 0.3) is 0 Å². The van der Waals surface area contributed by atoms with Gasteiger partial charge in [-0.25, -0.2) is 9.37 Å². The van der Waals surface area contributed by atoms with E-state index < -0.39 is 5.82 Å². The van der Waals surface area contributed by atoms with Crippen LogP contribution in [-0.4, -0.2) is 11.2 Å². The van der Waals surface area contributed by atoms with E-state index in [9.17, 15) is 9.18 Å². The van der Waals surface area contributed by atoms with Gasteiger partial charge in [0, 0.05) is 10.9 Å². The highest BCUT2D eigenvalue weighted by atomic mass is 32.1. The van der Waals surface area contributed by atoms with Crippen LogP contribution >= 0.6 is 11.3 Å². The summed E-state index contributed by atoms with van der Waals surface area (Å²) in [6.45, 7) is 0. The van der Waals surface area contributed by atoms with E-state index in [1.807, 2.05) is 35.7 Å². The van der Waals surface area contributed by atoms with Crippen LogP contribution in [0.3, 0.4) is 0 Å². The normalized spacial score (nSPS) is 11.3. The number of hydrogen-bond acceptors (Lipinski definition) is 6. The molecule has 0 unspecified atom stereocenters. The Hall–Kier alpha value is -3.32. The number of benzene rings is 2. The number of nitrogens with zero attached hydrogens (tertiary/aromatic N) is 2. The fraction of sp³-hybridized carbons (Fsp3) is 0. The van der Waals surface area contributed by atoms with E-state index in [2.05, 4.69) is 15.5 Å². The van der Waals surface area contributed by atoms with Crippen LogP contribution in [-0.2, 0) is 0 Å². The zero-order valence-corrected chi connectivity index (χ0v) is 14.2. The van der Waals surface area contributed by atoms with Crippen molar-refractivity contribution in [1.82, 2.24) is 4.98 Å². The van der Waals surface area contributed by atoms with E-state index in [-0.39, 0.29) is 16.4 Å². The summed E-state index contributed by atoms with van der Waals surface area (Å²) in [6, 6.07) is 13.6. The highest BCUT2D eigenvalue weighted by Crippen LogP contribution is 2.24. The molecule has 0 saturated heterocycles. The first-order chi connectivity index (χ1) is 12.7. The molecule has 26 heavy (non-hydrogen) atoms. The summed E-state index contributed by atoms with van der Waals surface area (Å²) in [5.74, 6) is -0.492. The molecular formula is C19H12FN3O2S. The molecule has 4 rings (SSSR count). The highest BCUT2D eigenvalue weighted by Gasteiger charge is 2.07. The zero-order valence-electron chi connectivity index (χ0n) is 13.3. The molecule has 2 aromatic heterocycles. The lowest BCUT2D eigenvalue weighted by atomic mass is 10.2. The molecule has 128 valence electrons. The number of anilines is 1. The largest absolute Gasteiger partial charge is 0.463 e. The fourth-order valence-corrected chi connectivity index (χ4v) is 3.10. The van der Waals surface area contributed by atoms with Crippen molar-refractivity contribution in [3.63, 3.8) is 0 Å². The lowest BCUT2D eigenvalue weighted by Gasteiger charge is -1.98. The van der Waals surface area contributed by atoms with Crippen LogP contribution in [0.25, 0.3) is 22.2 Å². The quantitative estimate of drug-likeness (QED) is 0.427. The Morgan fingerprint density at radius 1 is 1.19 bits per heavy atom. The number of thiazole rings is 1. The van der Waals surface area contributed by atoms with Crippen LogP contribution in [0.2, 0.25) is 0 Å². The van der Waals surface area contributed by atoms with Crippen molar-refractivity contribution < 1.29 is 8.81 Å². The van der Waals surface area contributed by atoms with Crippen molar-refractivity contribution in [1.29, 1.82) is 0 Å². The standard InChI is InChI=1S/C19H12FN3O2S/c20-14-6-7-17-15(8-14)18(24)13(10-25-17)9-21-23-19-22-16(11-26-19)12-4-2-1-3-5-12/h1-11H,(H,22,23)/b21-9+. The summed E-state index contributed by atoms with van der Waals surface area (Å²) >= 11 is 1.40. The highest BCUT2D eigenvalue weighted by molar-refractivity contribution is 7.14. The Bertz CT molecular complexity index is 1150. The van der Waals surface area contributed by atoms with Gasteiger partial charge in [0.05, 0.1) is 22.9 Å². The van der Waals surface area contributed by atoms with E-state index in [4.69, 9.17) is 4.42 Å². The van der Waals surface area contributed by atoms with Crippen molar-refractivity contribution in [3.05, 3.63) is 81.8 Å². The number of hydrogen-bond donors (Lipinski definition) is 1. The van der Waals surface area contributed by atoms with Crippen LogP contribution in [0, 0.1) is 5.82 Å². The third-order valence-electron chi connectivity index (χ3n) is 3.70. The first-order valence-corrected chi connectivity index (χ1v) is 8.60. The molecule has 0 aliphatic rings. The molecular weight excluding hydrogens is 353 g/mol. The van der Waals surface area contributed by atoms with Crippen molar-refractivity contribution in [2.75, 3.05) is 5.43 Å². The molecule has 0 saturated carbocycles. The topological polar surface area (TPSA) is 67.5 Å². The third kappa shape index (κ3) is 3.25. The van der Waals surface area contributed by atoms with Gasteiger partial charge in [0.15, 0.2) is 0 Å². The minimum absolute atomic E-state index is 0.176. The molecule has 0 spiro atoms. The lowest BCUT2D eigenvalue weighted by Crippen LogP contribution is -2.08. The van der Waals surface area contributed by atoms with Crippen molar-refractivity contribution in [2.24, 2.45) is 5.10 Å². The predicted molar refractivity (Wildman–Crippen MR) is 101 cm³/mol. The van der Waals surface area contributed by atoms with Gasteiger partial charge >= 0.3 is 0 Å².